The number of nitrogens with one attached hydrogen (secondary N) is 1. The monoisotopic (exact) mass is 446 g/mol. The average molecular weight is 447 g/mol. The Bertz CT molecular complexity index is 1060. The van der Waals surface area contributed by atoms with Crippen LogP contribution >= 0.6 is 46.0 Å². The Morgan fingerprint density at radius 2 is 1.89 bits per heavy atom. The van der Waals surface area contributed by atoms with E-state index in [0.717, 1.165) is 35.9 Å². The Kier molecular flexibility index (Phi) is 6.21. The minimum absolute atomic E-state index is 0.0790. The van der Waals surface area contributed by atoms with Gasteiger partial charge in [-0.25, -0.2) is 4.98 Å². The molecule has 2 aromatic carbocycles. The van der Waals surface area contributed by atoms with Crippen molar-refractivity contribution in [1.29, 1.82) is 0 Å². The van der Waals surface area contributed by atoms with Gasteiger partial charge in [-0.15, -0.1) is 21.5 Å². The molecule has 2 heterocycles. The molecule has 1 N–H and O–H groups in total. The Balaban J connectivity index is 1.27. The number of hydrogen-bond donors (Lipinski definition) is 1. The van der Waals surface area contributed by atoms with Crippen LogP contribution in [-0.4, -0.2) is 21.1 Å². The molecule has 0 aliphatic rings. The second-order valence-corrected chi connectivity index (χ2v) is 9.66. The third-order valence-electron chi connectivity index (χ3n) is 3.83. The molecule has 4 rings (SSSR count). The van der Waals surface area contributed by atoms with Gasteiger partial charge in [0.25, 0.3) is 0 Å². The molecule has 0 bridgehead atoms. The van der Waals surface area contributed by atoms with E-state index >= 15 is 0 Å². The first-order valence-corrected chi connectivity index (χ1v) is 11.5. The number of fused-ring (bicyclic) bond motifs is 1. The fourth-order valence-electron chi connectivity index (χ4n) is 2.47. The highest BCUT2D eigenvalue weighted by atomic mass is 35.5. The summed E-state index contributed by atoms with van der Waals surface area (Å²) in [6.45, 7) is 0. The first-order chi connectivity index (χ1) is 13.7. The number of aryl methyl sites for hydroxylation is 1. The minimum atomic E-state index is -0.0790. The van der Waals surface area contributed by atoms with Crippen LogP contribution < -0.4 is 5.32 Å². The lowest BCUT2D eigenvalue weighted by Gasteiger charge is -1.99. The van der Waals surface area contributed by atoms with Gasteiger partial charge in [0.15, 0.2) is 4.34 Å². The van der Waals surface area contributed by atoms with Crippen LogP contribution in [0.15, 0.2) is 52.9 Å². The van der Waals surface area contributed by atoms with E-state index in [4.69, 9.17) is 11.6 Å². The van der Waals surface area contributed by atoms with Crippen molar-refractivity contribution in [2.45, 2.75) is 22.9 Å². The summed E-state index contributed by atoms with van der Waals surface area (Å²) in [5, 5.41) is 13.2. The van der Waals surface area contributed by atoms with E-state index in [1.54, 1.807) is 23.1 Å². The molecule has 0 saturated heterocycles. The second kappa shape index (κ2) is 9.00. The van der Waals surface area contributed by atoms with E-state index in [1.165, 1.54) is 11.3 Å². The lowest BCUT2D eigenvalue weighted by molar-refractivity contribution is -0.116. The highest BCUT2D eigenvalue weighted by Gasteiger charge is 2.11. The molecule has 9 heteroatoms. The molecule has 0 aliphatic heterocycles. The largest absolute Gasteiger partial charge is 0.300 e. The van der Waals surface area contributed by atoms with E-state index in [-0.39, 0.29) is 5.91 Å². The molecule has 0 saturated carbocycles. The summed E-state index contributed by atoms with van der Waals surface area (Å²) in [7, 11) is 0. The molecular formula is C19H15ClN4OS3. The number of thiazole rings is 1. The number of carbonyl (C=O) groups excluding carboxylic acids is 1. The van der Waals surface area contributed by atoms with Crippen LogP contribution in [0.3, 0.4) is 0 Å². The van der Waals surface area contributed by atoms with Gasteiger partial charge in [-0.2, -0.15) is 0 Å². The molecule has 28 heavy (non-hydrogen) atoms. The molecule has 5 nitrogen and oxygen atoms in total. The number of benzene rings is 2. The maximum atomic E-state index is 12.2. The number of hydrogen-bond acceptors (Lipinski definition) is 7. The fraction of sp³-hybridized carbons (Fsp3) is 0.158. The number of thioether (sulfide) groups is 1. The number of rotatable bonds is 7. The van der Waals surface area contributed by atoms with Crippen LogP contribution in [0.5, 0.6) is 0 Å². The maximum Gasteiger partial charge on any atom is 0.226 e. The predicted molar refractivity (Wildman–Crippen MR) is 117 cm³/mol. The van der Waals surface area contributed by atoms with Crippen molar-refractivity contribution in [2.24, 2.45) is 0 Å². The fourth-order valence-corrected chi connectivity index (χ4v) is 5.29. The summed E-state index contributed by atoms with van der Waals surface area (Å²) < 4.78 is 1.96. The van der Waals surface area contributed by atoms with Gasteiger partial charge in [0.05, 0.1) is 15.2 Å². The highest BCUT2D eigenvalue weighted by Crippen LogP contribution is 2.29. The van der Waals surface area contributed by atoms with E-state index in [9.17, 15) is 4.79 Å². The third-order valence-corrected chi connectivity index (χ3v) is 7.22. The van der Waals surface area contributed by atoms with Gasteiger partial charge < -0.3 is 5.32 Å². The number of carbonyl (C=O) groups is 1. The third kappa shape index (κ3) is 5.08. The lowest BCUT2D eigenvalue weighted by atomic mass is 10.2. The van der Waals surface area contributed by atoms with E-state index in [1.807, 2.05) is 48.5 Å². The summed E-state index contributed by atoms with van der Waals surface area (Å²) in [4.78, 5) is 16.8. The van der Waals surface area contributed by atoms with Crippen LogP contribution in [0.4, 0.5) is 5.13 Å². The van der Waals surface area contributed by atoms with Crippen LogP contribution in [0, 0.1) is 0 Å². The smallest absolute Gasteiger partial charge is 0.226 e. The van der Waals surface area contributed by atoms with Crippen LogP contribution in [0.2, 0.25) is 5.02 Å². The zero-order valence-corrected chi connectivity index (χ0v) is 17.8. The van der Waals surface area contributed by atoms with E-state index in [2.05, 4.69) is 20.5 Å². The zero-order valence-electron chi connectivity index (χ0n) is 14.6. The van der Waals surface area contributed by atoms with Crippen molar-refractivity contribution >= 4 is 67.3 Å². The topological polar surface area (TPSA) is 67.8 Å². The summed E-state index contributed by atoms with van der Waals surface area (Å²) in [6.07, 6.45) is 0.981. The number of aromatic nitrogens is 3. The van der Waals surface area contributed by atoms with Gasteiger partial charge in [0.2, 0.25) is 11.0 Å². The Labute approximate surface area is 179 Å². The number of amides is 1. The van der Waals surface area contributed by atoms with Crippen LogP contribution in [-0.2, 0) is 17.0 Å². The van der Waals surface area contributed by atoms with Gasteiger partial charge in [-0.05, 0) is 29.8 Å². The number of halogens is 1. The molecule has 0 radical (unpaired) electrons. The number of anilines is 1. The summed E-state index contributed by atoms with van der Waals surface area (Å²) in [5.41, 5.74) is 2.14. The van der Waals surface area contributed by atoms with Gasteiger partial charge in [0, 0.05) is 23.6 Å². The van der Waals surface area contributed by atoms with Crippen molar-refractivity contribution < 1.29 is 4.79 Å². The minimum Gasteiger partial charge on any atom is -0.300 e. The molecule has 1 amide bonds. The predicted octanol–water partition coefficient (Wildman–Crippen LogP) is 5.66. The quantitative estimate of drug-likeness (QED) is 0.293. The van der Waals surface area contributed by atoms with Gasteiger partial charge in [-0.1, -0.05) is 59.0 Å². The van der Waals surface area contributed by atoms with Crippen LogP contribution in [0.1, 0.15) is 17.0 Å². The number of nitrogens with zero attached hydrogens (tertiary/aromatic N) is 3. The molecule has 142 valence electrons. The molecular weight excluding hydrogens is 432 g/mol. The summed E-state index contributed by atoms with van der Waals surface area (Å²) >= 11 is 10.5. The highest BCUT2D eigenvalue weighted by molar-refractivity contribution is 8.00. The first-order valence-electron chi connectivity index (χ1n) is 8.51. The molecule has 0 aliphatic carbocycles. The molecule has 0 spiro atoms. The van der Waals surface area contributed by atoms with Crippen molar-refractivity contribution in [3.8, 4) is 0 Å². The normalized spacial score (nSPS) is 11.0. The van der Waals surface area contributed by atoms with Crippen molar-refractivity contribution in [2.75, 3.05) is 5.32 Å². The van der Waals surface area contributed by atoms with Gasteiger partial charge in [0.1, 0.15) is 0 Å². The average Bonchev–Trinajstić information content (AvgIpc) is 3.32. The molecule has 4 aromatic rings. The van der Waals surface area contributed by atoms with Crippen molar-refractivity contribution in [3.63, 3.8) is 0 Å². The lowest BCUT2D eigenvalue weighted by Crippen LogP contribution is -2.12. The molecule has 0 atom stereocenters. The van der Waals surface area contributed by atoms with E-state index in [0.29, 0.717) is 18.0 Å². The van der Waals surface area contributed by atoms with Crippen LogP contribution in [0.25, 0.3) is 10.2 Å². The van der Waals surface area contributed by atoms with Crippen molar-refractivity contribution in [3.05, 3.63) is 64.1 Å². The SMILES string of the molecule is O=C(CCc1nc2ccccc2s1)Nc1nnc(SCc2ccc(Cl)cc2)s1. The van der Waals surface area contributed by atoms with E-state index < -0.39 is 0 Å². The molecule has 2 aromatic heterocycles. The van der Waals surface area contributed by atoms with Gasteiger partial charge >= 0.3 is 0 Å². The van der Waals surface area contributed by atoms with Crippen molar-refractivity contribution in [1.82, 2.24) is 15.2 Å². The molecule has 0 fully saturated rings. The Morgan fingerprint density at radius 3 is 2.71 bits per heavy atom. The number of para-hydroxylation sites is 1. The summed E-state index contributed by atoms with van der Waals surface area (Å²) in [6, 6.07) is 15.7. The Hall–Kier alpha value is -2.00. The Morgan fingerprint density at radius 1 is 1.07 bits per heavy atom. The first kappa shape index (κ1) is 19.3. The molecule has 0 unspecified atom stereocenters. The second-order valence-electron chi connectivity index (χ2n) is 5.91. The zero-order chi connectivity index (χ0) is 19.3. The maximum absolute atomic E-state index is 12.2. The van der Waals surface area contributed by atoms with Gasteiger partial charge in [-0.3, -0.25) is 4.79 Å². The standard InChI is InChI=1S/C19H15ClN4OS3/c20-13-7-5-12(6-8-13)11-26-19-24-23-18(28-19)22-16(25)9-10-17-21-14-3-1-2-4-15(14)27-17/h1-8H,9-11H2,(H,22,23,25). The summed E-state index contributed by atoms with van der Waals surface area (Å²) in [5.74, 6) is 0.696.